The third-order valence-corrected chi connectivity index (χ3v) is 2.29. The minimum absolute atomic E-state index is 0.489. The van der Waals surface area contributed by atoms with Crippen LogP contribution >= 0.6 is 11.3 Å². The average Bonchev–Trinajstić information content (AvgIpc) is 2.57. The monoisotopic (exact) mass is 185 g/mol. The molecular formula is C8H11NO2S. The number of rotatable bonds is 6. The molecule has 0 saturated carbocycles. The maximum absolute atomic E-state index is 9.76. The summed E-state index contributed by atoms with van der Waals surface area (Å²) in [7, 11) is 0. The van der Waals surface area contributed by atoms with Crippen molar-refractivity contribution >= 4 is 17.8 Å². The van der Waals surface area contributed by atoms with Gasteiger partial charge in [-0.3, -0.25) is 4.79 Å². The Hall–Kier alpha value is -0.900. The normalized spacial score (nSPS) is 9.67. The number of thiazole rings is 1. The van der Waals surface area contributed by atoms with Crippen LogP contribution in [0, 0.1) is 0 Å². The Balaban J connectivity index is 2.00. The highest BCUT2D eigenvalue weighted by Crippen LogP contribution is 2.07. The zero-order valence-corrected chi connectivity index (χ0v) is 7.55. The van der Waals surface area contributed by atoms with Gasteiger partial charge in [-0.05, 0) is 19.3 Å². The lowest BCUT2D eigenvalue weighted by molar-refractivity contribution is -0.128. The van der Waals surface area contributed by atoms with Crippen molar-refractivity contribution in [2.75, 3.05) is 6.61 Å². The molecule has 0 aliphatic rings. The van der Waals surface area contributed by atoms with Gasteiger partial charge in [0, 0.05) is 11.6 Å². The average molecular weight is 185 g/mol. The van der Waals surface area contributed by atoms with Crippen LogP contribution in [0.5, 0.6) is 0 Å². The number of ether oxygens (including phenoxy) is 1. The van der Waals surface area contributed by atoms with Crippen LogP contribution in [0.3, 0.4) is 0 Å². The van der Waals surface area contributed by atoms with E-state index in [0.29, 0.717) is 13.1 Å². The number of nitrogens with zero attached hydrogens (tertiary/aromatic N) is 1. The van der Waals surface area contributed by atoms with Crippen LogP contribution in [-0.2, 0) is 16.0 Å². The van der Waals surface area contributed by atoms with Crippen LogP contribution in [0.2, 0.25) is 0 Å². The van der Waals surface area contributed by atoms with Gasteiger partial charge in [-0.1, -0.05) is 0 Å². The smallest absolute Gasteiger partial charge is 0.293 e. The van der Waals surface area contributed by atoms with Gasteiger partial charge in [0.1, 0.15) is 0 Å². The molecule has 0 aromatic carbocycles. The molecule has 0 bridgehead atoms. The second kappa shape index (κ2) is 5.71. The van der Waals surface area contributed by atoms with Crippen LogP contribution in [0.4, 0.5) is 0 Å². The zero-order valence-electron chi connectivity index (χ0n) is 6.73. The summed E-state index contributed by atoms with van der Waals surface area (Å²) >= 11 is 1.67. The molecule has 0 radical (unpaired) electrons. The lowest BCUT2D eigenvalue weighted by Crippen LogP contribution is -1.92. The summed E-state index contributed by atoms with van der Waals surface area (Å²) in [5.74, 6) is 0. The van der Waals surface area contributed by atoms with Gasteiger partial charge in [-0.25, -0.2) is 4.98 Å². The first-order valence-corrected chi connectivity index (χ1v) is 4.75. The highest BCUT2D eigenvalue weighted by atomic mass is 32.1. The van der Waals surface area contributed by atoms with Gasteiger partial charge in [0.05, 0.1) is 11.6 Å². The molecule has 66 valence electrons. The molecule has 4 heteroatoms. The molecule has 0 atom stereocenters. The van der Waals surface area contributed by atoms with E-state index in [0.717, 1.165) is 24.3 Å². The second-order valence-corrected chi connectivity index (χ2v) is 3.33. The van der Waals surface area contributed by atoms with Gasteiger partial charge in [0.15, 0.2) is 0 Å². The van der Waals surface area contributed by atoms with Crippen LogP contribution in [0.15, 0.2) is 11.6 Å². The molecular weight excluding hydrogens is 174 g/mol. The molecule has 0 spiro atoms. The predicted octanol–water partition coefficient (Wildman–Crippen LogP) is 1.64. The Morgan fingerprint density at radius 2 is 2.50 bits per heavy atom. The quantitative estimate of drug-likeness (QED) is 0.499. The standard InChI is InChI=1S/C8H11NO2S/c10-7-11-5-2-1-3-8-9-4-6-12-8/h4,6-7H,1-3,5H2. The van der Waals surface area contributed by atoms with E-state index in [9.17, 15) is 4.79 Å². The van der Waals surface area contributed by atoms with E-state index >= 15 is 0 Å². The van der Waals surface area contributed by atoms with E-state index in [1.807, 2.05) is 11.6 Å². The van der Waals surface area contributed by atoms with Gasteiger partial charge in [-0.15, -0.1) is 11.3 Å². The number of unbranched alkanes of at least 4 members (excludes halogenated alkanes) is 1. The van der Waals surface area contributed by atoms with Gasteiger partial charge >= 0.3 is 0 Å². The van der Waals surface area contributed by atoms with Crippen molar-refractivity contribution in [2.24, 2.45) is 0 Å². The summed E-state index contributed by atoms with van der Waals surface area (Å²) < 4.78 is 4.56. The molecule has 3 nitrogen and oxygen atoms in total. The predicted molar refractivity (Wildman–Crippen MR) is 47.1 cm³/mol. The maximum atomic E-state index is 9.76. The van der Waals surface area contributed by atoms with Crippen molar-refractivity contribution in [3.05, 3.63) is 16.6 Å². The lowest BCUT2D eigenvalue weighted by atomic mass is 10.2. The molecule has 1 rings (SSSR count). The first-order chi connectivity index (χ1) is 5.93. The number of hydrogen-bond acceptors (Lipinski definition) is 4. The number of aromatic nitrogens is 1. The molecule has 1 aromatic heterocycles. The van der Waals surface area contributed by atoms with E-state index in [2.05, 4.69) is 9.72 Å². The summed E-state index contributed by atoms with van der Waals surface area (Å²) in [6.07, 6.45) is 4.74. The summed E-state index contributed by atoms with van der Waals surface area (Å²) in [5, 5.41) is 3.12. The fraction of sp³-hybridized carbons (Fsp3) is 0.500. The van der Waals surface area contributed by atoms with Crippen molar-refractivity contribution in [1.29, 1.82) is 0 Å². The first-order valence-electron chi connectivity index (χ1n) is 3.87. The minimum Gasteiger partial charge on any atom is -0.468 e. The number of aryl methyl sites for hydroxylation is 1. The zero-order chi connectivity index (χ0) is 8.65. The SMILES string of the molecule is O=COCCCCc1nccs1. The Morgan fingerprint density at radius 1 is 1.58 bits per heavy atom. The minimum atomic E-state index is 0.489. The van der Waals surface area contributed by atoms with Gasteiger partial charge in [-0.2, -0.15) is 0 Å². The maximum Gasteiger partial charge on any atom is 0.293 e. The van der Waals surface area contributed by atoms with Crippen LogP contribution in [0.1, 0.15) is 17.8 Å². The van der Waals surface area contributed by atoms with Gasteiger partial charge < -0.3 is 4.74 Å². The Morgan fingerprint density at radius 3 is 3.17 bits per heavy atom. The highest BCUT2D eigenvalue weighted by Gasteiger charge is 1.94. The van der Waals surface area contributed by atoms with Crippen molar-refractivity contribution in [2.45, 2.75) is 19.3 Å². The van der Waals surface area contributed by atoms with E-state index in [4.69, 9.17) is 0 Å². The second-order valence-electron chi connectivity index (χ2n) is 2.35. The number of carbonyl (C=O) groups is 1. The van der Waals surface area contributed by atoms with Gasteiger partial charge in [0.25, 0.3) is 6.47 Å². The third kappa shape index (κ3) is 3.48. The molecule has 1 heterocycles. The van der Waals surface area contributed by atoms with Crippen LogP contribution < -0.4 is 0 Å². The topological polar surface area (TPSA) is 39.2 Å². The van der Waals surface area contributed by atoms with Crippen molar-refractivity contribution in [3.8, 4) is 0 Å². The third-order valence-electron chi connectivity index (χ3n) is 1.45. The molecule has 0 amide bonds. The number of carbonyl (C=O) groups excluding carboxylic acids is 1. The molecule has 0 aliphatic carbocycles. The summed E-state index contributed by atoms with van der Waals surface area (Å²) in [5.41, 5.74) is 0. The summed E-state index contributed by atoms with van der Waals surface area (Å²) in [6.45, 7) is 1.01. The lowest BCUT2D eigenvalue weighted by Gasteiger charge is -1.96. The van der Waals surface area contributed by atoms with E-state index in [-0.39, 0.29) is 0 Å². The van der Waals surface area contributed by atoms with Crippen LogP contribution in [-0.4, -0.2) is 18.1 Å². The largest absolute Gasteiger partial charge is 0.468 e. The summed E-state index contributed by atoms with van der Waals surface area (Å²) in [6, 6.07) is 0. The summed E-state index contributed by atoms with van der Waals surface area (Å²) in [4.78, 5) is 13.9. The highest BCUT2D eigenvalue weighted by molar-refractivity contribution is 7.09. The van der Waals surface area contributed by atoms with Crippen LogP contribution in [0.25, 0.3) is 0 Å². The molecule has 1 aromatic rings. The Kier molecular flexibility index (Phi) is 4.37. The Labute approximate surface area is 75.4 Å². The van der Waals surface area contributed by atoms with E-state index in [1.54, 1.807) is 11.3 Å². The van der Waals surface area contributed by atoms with E-state index in [1.165, 1.54) is 0 Å². The van der Waals surface area contributed by atoms with Crippen molar-refractivity contribution < 1.29 is 9.53 Å². The number of hydrogen-bond donors (Lipinski definition) is 0. The molecule has 0 fully saturated rings. The van der Waals surface area contributed by atoms with Gasteiger partial charge in [0.2, 0.25) is 0 Å². The fourth-order valence-electron chi connectivity index (χ4n) is 0.886. The molecule has 0 unspecified atom stereocenters. The molecule has 0 aliphatic heterocycles. The first kappa shape index (κ1) is 9.19. The molecule has 12 heavy (non-hydrogen) atoms. The Bertz CT molecular complexity index is 211. The van der Waals surface area contributed by atoms with Crippen molar-refractivity contribution in [3.63, 3.8) is 0 Å². The van der Waals surface area contributed by atoms with E-state index < -0.39 is 0 Å². The fourth-order valence-corrected chi connectivity index (χ4v) is 1.55. The van der Waals surface area contributed by atoms with Crippen molar-refractivity contribution in [1.82, 2.24) is 4.98 Å². The molecule has 0 saturated heterocycles. The molecule has 0 N–H and O–H groups in total.